The maximum atomic E-state index is 12.7. The molecule has 1 fully saturated rings. The molecule has 0 saturated carbocycles. The predicted octanol–water partition coefficient (Wildman–Crippen LogP) is 4.65. The van der Waals surface area contributed by atoms with Gasteiger partial charge in [0.2, 0.25) is 0 Å². The molecule has 0 atom stereocenters. The lowest BCUT2D eigenvalue weighted by molar-refractivity contribution is -0.128. The number of rotatable bonds is 6. The molecule has 6 heteroatoms. The number of hydrogen-bond donors (Lipinski definition) is 1. The van der Waals surface area contributed by atoms with Gasteiger partial charge in [0.25, 0.3) is 5.91 Å². The lowest BCUT2D eigenvalue weighted by Gasteiger charge is -2.32. The van der Waals surface area contributed by atoms with Crippen molar-refractivity contribution in [3.8, 4) is 11.8 Å². The number of carbonyl (C=O) groups excluding carboxylic acids is 1. The van der Waals surface area contributed by atoms with Crippen molar-refractivity contribution < 1.29 is 9.53 Å². The van der Waals surface area contributed by atoms with Crippen molar-refractivity contribution in [1.29, 1.82) is 5.26 Å². The van der Waals surface area contributed by atoms with E-state index in [1.807, 2.05) is 12.1 Å². The van der Waals surface area contributed by atoms with Crippen molar-refractivity contribution in [2.75, 3.05) is 25.5 Å². The number of carbonyl (C=O) groups is 1. The molecule has 1 aliphatic rings. The van der Waals surface area contributed by atoms with Gasteiger partial charge in [-0.15, -0.1) is 0 Å². The highest BCUT2D eigenvalue weighted by Gasteiger charge is 2.25. The first-order valence-electron chi connectivity index (χ1n) is 9.64. The minimum atomic E-state index is -0.238. The zero-order valence-electron chi connectivity index (χ0n) is 16.4. The number of hydrogen-bond acceptors (Lipinski definition) is 4. The number of halogens is 1. The summed E-state index contributed by atoms with van der Waals surface area (Å²) in [4.78, 5) is 14.5. The summed E-state index contributed by atoms with van der Waals surface area (Å²) in [5, 5.41) is 12.9. The van der Waals surface area contributed by atoms with E-state index in [4.69, 9.17) is 16.3 Å². The van der Waals surface area contributed by atoms with Crippen LogP contribution >= 0.6 is 11.6 Å². The van der Waals surface area contributed by atoms with Gasteiger partial charge in [-0.05, 0) is 48.9 Å². The third-order valence-electron chi connectivity index (χ3n) is 5.15. The molecule has 5 nitrogen and oxygen atoms in total. The van der Waals surface area contributed by atoms with Crippen LogP contribution in [-0.4, -0.2) is 31.0 Å². The number of anilines is 1. The lowest BCUT2D eigenvalue weighted by atomic mass is 9.90. The van der Waals surface area contributed by atoms with E-state index in [1.165, 1.54) is 11.8 Å². The molecule has 1 N–H and O–H groups in total. The van der Waals surface area contributed by atoms with E-state index >= 15 is 0 Å². The number of ether oxygens (including phenoxy) is 1. The van der Waals surface area contributed by atoms with E-state index in [9.17, 15) is 10.1 Å². The van der Waals surface area contributed by atoms with E-state index in [1.54, 1.807) is 30.2 Å². The van der Waals surface area contributed by atoms with E-state index < -0.39 is 0 Å². The molecule has 29 heavy (non-hydrogen) atoms. The maximum absolute atomic E-state index is 12.7. The van der Waals surface area contributed by atoms with Crippen molar-refractivity contribution in [1.82, 2.24) is 4.90 Å². The second-order valence-electron chi connectivity index (χ2n) is 7.09. The van der Waals surface area contributed by atoms with Gasteiger partial charge in [-0.3, -0.25) is 4.79 Å². The van der Waals surface area contributed by atoms with Gasteiger partial charge in [0.1, 0.15) is 17.4 Å². The molecular weight excluding hydrogens is 386 g/mol. The number of nitrogens with one attached hydrogen (secondary N) is 1. The van der Waals surface area contributed by atoms with E-state index in [-0.39, 0.29) is 11.5 Å². The molecule has 1 saturated heterocycles. The van der Waals surface area contributed by atoms with Crippen LogP contribution in [0.1, 0.15) is 18.4 Å². The molecule has 3 rings (SSSR count). The van der Waals surface area contributed by atoms with Crippen LogP contribution in [0.25, 0.3) is 0 Å². The normalized spacial score (nSPS) is 14.9. The third kappa shape index (κ3) is 5.52. The Hall–Kier alpha value is -2.97. The maximum Gasteiger partial charge on any atom is 0.266 e. The SMILES string of the molecule is COc1ccc(N/C=C(/C#N)C(=O)N2CCC(Cc3ccccc3)CC2)cc1Cl. The molecule has 0 aromatic heterocycles. The summed E-state index contributed by atoms with van der Waals surface area (Å²) in [7, 11) is 1.55. The van der Waals surface area contributed by atoms with Crippen LogP contribution in [0, 0.1) is 17.2 Å². The van der Waals surface area contributed by atoms with Gasteiger partial charge in [0, 0.05) is 25.0 Å². The standard InChI is InChI=1S/C23H24ClN3O2/c1-29-22-8-7-20(14-21(22)24)26-16-19(15-25)23(28)27-11-9-18(10-12-27)13-17-5-3-2-4-6-17/h2-8,14,16,18,26H,9-13H2,1H3/b19-16-. The third-order valence-corrected chi connectivity index (χ3v) is 5.45. The van der Waals surface area contributed by atoms with Crippen LogP contribution in [-0.2, 0) is 11.2 Å². The zero-order chi connectivity index (χ0) is 20.6. The Balaban J connectivity index is 1.56. The van der Waals surface area contributed by atoms with Crippen molar-refractivity contribution in [2.45, 2.75) is 19.3 Å². The minimum absolute atomic E-state index is 0.0819. The summed E-state index contributed by atoms with van der Waals surface area (Å²) in [6, 6.07) is 17.6. The highest BCUT2D eigenvalue weighted by atomic mass is 35.5. The second kappa shape index (κ2) is 9.99. The van der Waals surface area contributed by atoms with Gasteiger partial charge in [-0.25, -0.2) is 0 Å². The number of piperidine rings is 1. The van der Waals surface area contributed by atoms with Gasteiger partial charge in [-0.1, -0.05) is 41.9 Å². The first-order valence-corrected chi connectivity index (χ1v) is 10.0. The largest absolute Gasteiger partial charge is 0.495 e. The van der Waals surface area contributed by atoms with Gasteiger partial charge < -0.3 is 15.0 Å². The first kappa shape index (κ1) is 20.8. The van der Waals surface area contributed by atoms with Crippen LogP contribution in [0.15, 0.2) is 60.3 Å². The predicted molar refractivity (Wildman–Crippen MR) is 115 cm³/mol. The Morgan fingerprint density at radius 2 is 2.00 bits per heavy atom. The highest BCUT2D eigenvalue weighted by molar-refractivity contribution is 6.32. The summed E-state index contributed by atoms with van der Waals surface area (Å²) in [6.07, 6.45) is 4.36. The Bertz CT molecular complexity index is 913. The van der Waals surface area contributed by atoms with Gasteiger partial charge >= 0.3 is 0 Å². The van der Waals surface area contributed by atoms with Crippen LogP contribution in [0.5, 0.6) is 5.75 Å². The number of nitrogens with zero attached hydrogens (tertiary/aromatic N) is 2. The van der Waals surface area contributed by atoms with E-state index in [0.717, 1.165) is 19.3 Å². The summed E-state index contributed by atoms with van der Waals surface area (Å²) in [5.41, 5.74) is 2.09. The fourth-order valence-electron chi connectivity index (χ4n) is 3.51. The zero-order valence-corrected chi connectivity index (χ0v) is 17.2. The molecule has 150 valence electrons. The second-order valence-corrected chi connectivity index (χ2v) is 7.50. The van der Waals surface area contributed by atoms with Gasteiger partial charge in [0.05, 0.1) is 12.1 Å². The smallest absolute Gasteiger partial charge is 0.266 e. The number of nitriles is 1. The molecule has 0 spiro atoms. The summed E-state index contributed by atoms with van der Waals surface area (Å²) in [5.74, 6) is 0.893. The summed E-state index contributed by atoms with van der Waals surface area (Å²) >= 11 is 6.11. The number of benzene rings is 2. The quantitative estimate of drug-likeness (QED) is 0.557. The summed E-state index contributed by atoms with van der Waals surface area (Å²) in [6.45, 7) is 1.34. The molecule has 2 aromatic rings. The number of amides is 1. The Morgan fingerprint density at radius 3 is 2.62 bits per heavy atom. The van der Waals surface area contributed by atoms with Crippen LogP contribution < -0.4 is 10.1 Å². The molecule has 0 unspecified atom stereocenters. The van der Waals surface area contributed by atoms with Crippen LogP contribution in [0.2, 0.25) is 5.02 Å². The van der Waals surface area contributed by atoms with Crippen molar-refractivity contribution in [3.63, 3.8) is 0 Å². The summed E-state index contributed by atoms with van der Waals surface area (Å²) < 4.78 is 5.12. The van der Waals surface area contributed by atoms with E-state index in [0.29, 0.717) is 35.5 Å². The molecule has 1 aliphatic heterocycles. The molecule has 1 amide bonds. The van der Waals surface area contributed by atoms with Crippen molar-refractivity contribution >= 4 is 23.2 Å². The fourth-order valence-corrected chi connectivity index (χ4v) is 3.77. The minimum Gasteiger partial charge on any atom is -0.495 e. The highest BCUT2D eigenvalue weighted by Crippen LogP contribution is 2.27. The molecular formula is C23H24ClN3O2. The van der Waals surface area contributed by atoms with Gasteiger partial charge in [0.15, 0.2) is 0 Å². The molecule has 0 radical (unpaired) electrons. The Kier molecular flexibility index (Phi) is 7.15. The number of likely N-dealkylation sites (tertiary alicyclic amines) is 1. The van der Waals surface area contributed by atoms with Gasteiger partial charge in [-0.2, -0.15) is 5.26 Å². The molecule has 1 heterocycles. The first-order chi connectivity index (χ1) is 14.1. The number of methoxy groups -OCH3 is 1. The molecule has 0 aliphatic carbocycles. The Labute approximate surface area is 176 Å². The van der Waals surface area contributed by atoms with Crippen molar-refractivity contribution in [3.05, 3.63) is 70.9 Å². The topological polar surface area (TPSA) is 65.4 Å². The molecule has 2 aromatic carbocycles. The van der Waals surface area contributed by atoms with Crippen molar-refractivity contribution in [2.24, 2.45) is 5.92 Å². The van der Waals surface area contributed by atoms with Crippen LogP contribution in [0.3, 0.4) is 0 Å². The van der Waals surface area contributed by atoms with Crippen LogP contribution in [0.4, 0.5) is 5.69 Å². The monoisotopic (exact) mass is 409 g/mol. The average molecular weight is 410 g/mol. The molecule has 0 bridgehead atoms. The average Bonchev–Trinajstić information content (AvgIpc) is 2.75. The van der Waals surface area contributed by atoms with E-state index in [2.05, 4.69) is 29.6 Å². The fraction of sp³-hybridized carbons (Fsp3) is 0.304. The lowest BCUT2D eigenvalue weighted by Crippen LogP contribution is -2.39. The Morgan fingerprint density at radius 1 is 1.28 bits per heavy atom.